The van der Waals surface area contributed by atoms with Gasteiger partial charge < -0.3 is 15.0 Å². The van der Waals surface area contributed by atoms with Gasteiger partial charge in [-0.2, -0.15) is 0 Å². The lowest BCUT2D eigenvalue weighted by atomic mass is 10.1. The zero-order chi connectivity index (χ0) is 16.7. The van der Waals surface area contributed by atoms with E-state index >= 15 is 0 Å². The minimum Gasteiger partial charge on any atom is -0.494 e. The number of ether oxygens (including phenoxy) is 1. The number of hydrogen-bond donors (Lipinski definition) is 1. The molecule has 0 unspecified atom stereocenters. The Labute approximate surface area is 139 Å². The van der Waals surface area contributed by atoms with Crippen LogP contribution >= 0.6 is 0 Å². The van der Waals surface area contributed by atoms with E-state index in [1.54, 1.807) is 7.11 Å². The summed E-state index contributed by atoms with van der Waals surface area (Å²) in [6.45, 7) is 10.1. The number of nitrogens with one attached hydrogen (secondary N) is 1. The van der Waals surface area contributed by atoms with E-state index in [1.807, 2.05) is 24.4 Å². The third-order valence-corrected chi connectivity index (χ3v) is 4.36. The number of benzene rings is 1. The van der Waals surface area contributed by atoms with Crippen molar-refractivity contribution >= 4 is 16.6 Å². The summed E-state index contributed by atoms with van der Waals surface area (Å²) in [6, 6.07) is 8.53. The zero-order valence-electron chi connectivity index (χ0n) is 14.8. The Bertz CT molecular complexity index is 611. The van der Waals surface area contributed by atoms with Crippen LogP contribution in [0, 0.1) is 0 Å². The van der Waals surface area contributed by atoms with Crippen molar-refractivity contribution in [1.82, 2.24) is 9.88 Å². The molecule has 2 aromatic rings. The number of methoxy groups -OCH3 is 1. The molecule has 23 heavy (non-hydrogen) atoms. The first-order valence-corrected chi connectivity index (χ1v) is 8.60. The van der Waals surface area contributed by atoms with Crippen molar-refractivity contribution in [3.63, 3.8) is 0 Å². The quantitative estimate of drug-likeness (QED) is 0.754. The molecule has 0 aliphatic heterocycles. The van der Waals surface area contributed by atoms with E-state index in [0.29, 0.717) is 6.04 Å². The number of hydrogen-bond acceptors (Lipinski definition) is 4. The monoisotopic (exact) mass is 315 g/mol. The van der Waals surface area contributed by atoms with Gasteiger partial charge in [0.15, 0.2) is 0 Å². The van der Waals surface area contributed by atoms with Gasteiger partial charge in [0.25, 0.3) is 0 Å². The third-order valence-electron chi connectivity index (χ3n) is 4.36. The SMILES string of the molecule is CCN(CC)CCC[C@H](C)Nc1ccnc2c(OC)cccc12. The van der Waals surface area contributed by atoms with Gasteiger partial charge in [-0.1, -0.05) is 26.0 Å². The summed E-state index contributed by atoms with van der Waals surface area (Å²) < 4.78 is 5.41. The van der Waals surface area contributed by atoms with Crippen molar-refractivity contribution < 1.29 is 4.74 Å². The molecule has 0 saturated heterocycles. The fraction of sp³-hybridized carbons (Fsp3) is 0.526. The highest BCUT2D eigenvalue weighted by atomic mass is 16.5. The van der Waals surface area contributed by atoms with Crippen molar-refractivity contribution in [3.8, 4) is 5.75 Å². The molecule has 0 saturated carbocycles. The number of rotatable bonds is 9. The Morgan fingerprint density at radius 2 is 2.00 bits per heavy atom. The van der Waals surface area contributed by atoms with Crippen LogP contribution in [0.5, 0.6) is 5.75 Å². The van der Waals surface area contributed by atoms with Gasteiger partial charge >= 0.3 is 0 Å². The molecule has 0 fully saturated rings. The average molecular weight is 315 g/mol. The molecule has 1 aromatic heterocycles. The Kier molecular flexibility index (Phi) is 6.66. The van der Waals surface area contributed by atoms with E-state index < -0.39 is 0 Å². The number of nitrogens with zero attached hydrogens (tertiary/aromatic N) is 2. The van der Waals surface area contributed by atoms with Crippen LogP contribution in [-0.2, 0) is 0 Å². The summed E-state index contributed by atoms with van der Waals surface area (Å²) in [5, 5.41) is 4.75. The molecule has 0 aliphatic carbocycles. The Hall–Kier alpha value is -1.81. The number of para-hydroxylation sites is 1. The van der Waals surface area contributed by atoms with E-state index in [1.165, 1.54) is 13.0 Å². The molecule has 4 heteroatoms. The molecule has 2 rings (SSSR count). The molecule has 1 aromatic carbocycles. The van der Waals surface area contributed by atoms with Gasteiger partial charge in [0.1, 0.15) is 11.3 Å². The Morgan fingerprint density at radius 3 is 2.70 bits per heavy atom. The average Bonchev–Trinajstić information content (AvgIpc) is 2.58. The predicted molar refractivity (Wildman–Crippen MR) is 98.4 cm³/mol. The first kappa shape index (κ1) is 17.5. The van der Waals surface area contributed by atoms with Gasteiger partial charge in [-0.05, 0) is 51.5 Å². The molecular weight excluding hydrogens is 286 g/mol. The molecule has 0 amide bonds. The van der Waals surface area contributed by atoms with Crippen molar-refractivity contribution in [2.45, 2.75) is 39.7 Å². The van der Waals surface area contributed by atoms with E-state index in [0.717, 1.165) is 41.9 Å². The smallest absolute Gasteiger partial charge is 0.145 e. The molecular formula is C19H29N3O. The normalized spacial score (nSPS) is 12.6. The van der Waals surface area contributed by atoms with E-state index in [4.69, 9.17) is 4.74 Å². The van der Waals surface area contributed by atoms with Crippen LogP contribution in [0.4, 0.5) is 5.69 Å². The van der Waals surface area contributed by atoms with Crippen LogP contribution in [0.15, 0.2) is 30.5 Å². The van der Waals surface area contributed by atoms with Crippen LogP contribution in [-0.4, -0.2) is 42.7 Å². The van der Waals surface area contributed by atoms with Crippen molar-refractivity contribution in [2.24, 2.45) is 0 Å². The summed E-state index contributed by atoms with van der Waals surface area (Å²) in [6.07, 6.45) is 4.21. The van der Waals surface area contributed by atoms with Crippen molar-refractivity contribution in [3.05, 3.63) is 30.5 Å². The summed E-state index contributed by atoms with van der Waals surface area (Å²) in [4.78, 5) is 6.93. The number of anilines is 1. The maximum absolute atomic E-state index is 5.41. The molecule has 1 atom stereocenters. The van der Waals surface area contributed by atoms with Crippen molar-refractivity contribution in [2.75, 3.05) is 32.1 Å². The van der Waals surface area contributed by atoms with Crippen LogP contribution in [0.25, 0.3) is 10.9 Å². The van der Waals surface area contributed by atoms with Gasteiger partial charge in [-0.25, -0.2) is 0 Å². The Balaban J connectivity index is 2.01. The predicted octanol–water partition coefficient (Wildman–Crippen LogP) is 4.17. The van der Waals surface area contributed by atoms with Crippen LogP contribution in [0.2, 0.25) is 0 Å². The maximum Gasteiger partial charge on any atom is 0.145 e. The molecule has 1 heterocycles. The minimum atomic E-state index is 0.433. The highest BCUT2D eigenvalue weighted by Gasteiger charge is 2.09. The first-order valence-electron chi connectivity index (χ1n) is 8.60. The third kappa shape index (κ3) is 4.58. The number of pyridine rings is 1. The van der Waals surface area contributed by atoms with Gasteiger partial charge in [0.2, 0.25) is 0 Å². The molecule has 0 spiro atoms. The lowest BCUT2D eigenvalue weighted by molar-refractivity contribution is 0.295. The number of fused-ring (bicyclic) bond motifs is 1. The Morgan fingerprint density at radius 1 is 1.22 bits per heavy atom. The number of aromatic nitrogens is 1. The largest absolute Gasteiger partial charge is 0.494 e. The molecule has 126 valence electrons. The van der Waals surface area contributed by atoms with Gasteiger partial charge in [0.05, 0.1) is 7.11 Å². The van der Waals surface area contributed by atoms with E-state index in [2.05, 4.69) is 42.0 Å². The fourth-order valence-corrected chi connectivity index (χ4v) is 2.94. The zero-order valence-corrected chi connectivity index (χ0v) is 14.8. The van der Waals surface area contributed by atoms with Crippen LogP contribution in [0.3, 0.4) is 0 Å². The highest BCUT2D eigenvalue weighted by molar-refractivity contribution is 5.94. The van der Waals surface area contributed by atoms with Gasteiger partial charge in [0, 0.05) is 23.3 Å². The molecule has 4 nitrogen and oxygen atoms in total. The lowest BCUT2D eigenvalue weighted by Crippen LogP contribution is -2.25. The lowest BCUT2D eigenvalue weighted by Gasteiger charge is -2.21. The van der Waals surface area contributed by atoms with E-state index in [-0.39, 0.29) is 0 Å². The molecule has 1 N–H and O–H groups in total. The standard InChI is InChI=1S/C19H29N3O/c1-5-22(6-2)14-8-9-15(3)21-17-12-13-20-19-16(17)10-7-11-18(19)23-4/h7,10-13,15H,5-6,8-9,14H2,1-4H3,(H,20,21)/t15-/m0/s1. The van der Waals surface area contributed by atoms with Crippen LogP contribution < -0.4 is 10.1 Å². The minimum absolute atomic E-state index is 0.433. The second-order valence-corrected chi connectivity index (χ2v) is 5.93. The second kappa shape index (κ2) is 8.73. The first-order chi connectivity index (χ1) is 11.2. The fourth-order valence-electron chi connectivity index (χ4n) is 2.94. The summed E-state index contributed by atoms with van der Waals surface area (Å²) in [7, 11) is 1.69. The summed E-state index contributed by atoms with van der Waals surface area (Å²) in [5.41, 5.74) is 2.04. The van der Waals surface area contributed by atoms with Gasteiger partial charge in [-0.3, -0.25) is 4.98 Å². The summed E-state index contributed by atoms with van der Waals surface area (Å²) >= 11 is 0. The van der Waals surface area contributed by atoms with Crippen LogP contribution in [0.1, 0.15) is 33.6 Å². The van der Waals surface area contributed by atoms with Crippen molar-refractivity contribution in [1.29, 1.82) is 0 Å². The molecule has 0 bridgehead atoms. The second-order valence-electron chi connectivity index (χ2n) is 5.93. The maximum atomic E-state index is 5.41. The molecule has 0 radical (unpaired) electrons. The topological polar surface area (TPSA) is 37.4 Å². The highest BCUT2D eigenvalue weighted by Crippen LogP contribution is 2.29. The van der Waals surface area contributed by atoms with Gasteiger partial charge in [-0.15, -0.1) is 0 Å². The molecule has 0 aliphatic rings. The summed E-state index contributed by atoms with van der Waals surface area (Å²) in [5.74, 6) is 0.820. The van der Waals surface area contributed by atoms with E-state index in [9.17, 15) is 0 Å².